The van der Waals surface area contributed by atoms with Gasteiger partial charge in [0.15, 0.2) is 0 Å². The number of piperidine rings is 1. The first kappa shape index (κ1) is 58.3. The van der Waals surface area contributed by atoms with E-state index >= 15 is 0 Å². The van der Waals surface area contributed by atoms with Crippen molar-refractivity contribution < 1.29 is 28.5 Å². The number of benzene rings is 6. The molecule has 1 unspecified atom stereocenters. The average molecular weight is 1090 g/mol. The minimum Gasteiger partial charge on any atom is -0.490 e. The van der Waals surface area contributed by atoms with Crippen LogP contribution in [0.4, 0.5) is 56.9 Å². The molecule has 0 aromatic heterocycles. The molecule has 17 nitrogen and oxygen atoms in total. The number of azo groups is 4. The van der Waals surface area contributed by atoms with Crippen molar-refractivity contribution in [2.75, 3.05) is 49.7 Å². The van der Waals surface area contributed by atoms with Gasteiger partial charge in [-0.05, 0) is 147 Å². The fraction of sp³-hybridized carbons (Fsp3) is 0.361. The maximum Gasteiger partial charge on any atom is 0.308 e. The van der Waals surface area contributed by atoms with E-state index in [9.17, 15) is 14.9 Å². The van der Waals surface area contributed by atoms with E-state index in [1.54, 1.807) is 56.3 Å². The summed E-state index contributed by atoms with van der Waals surface area (Å²) < 4.78 is 22.4. The number of hydrogen-bond donors (Lipinski definition) is 0. The molecule has 0 saturated carbocycles. The molecule has 1 atom stereocenters. The number of halogens is 1. The first-order valence-corrected chi connectivity index (χ1v) is 27.5. The van der Waals surface area contributed by atoms with Crippen LogP contribution in [0.25, 0.3) is 11.1 Å². The number of anilines is 2. The number of carbonyl (C=O) groups excluding carboxylic acids is 2. The second kappa shape index (κ2) is 31.1. The van der Waals surface area contributed by atoms with Crippen LogP contribution in [-0.2, 0) is 19.1 Å². The molecule has 79 heavy (non-hydrogen) atoms. The van der Waals surface area contributed by atoms with Gasteiger partial charge in [0.25, 0.3) is 0 Å². The molecule has 1 heterocycles. The predicted molar refractivity (Wildman–Crippen MR) is 310 cm³/mol. The third-order valence-corrected chi connectivity index (χ3v) is 13.1. The Bertz CT molecular complexity index is 3080. The van der Waals surface area contributed by atoms with Gasteiger partial charge in [-0.3, -0.25) is 9.59 Å². The molecule has 1 saturated heterocycles. The zero-order valence-corrected chi connectivity index (χ0v) is 46.2. The van der Waals surface area contributed by atoms with Crippen LogP contribution in [0.3, 0.4) is 0 Å². The summed E-state index contributed by atoms with van der Waals surface area (Å²) in [5.41, 5.74) is 8.40. The van der Waals surface area contributed by atoms with Crippen LogP contribution < -0.4 is 19.3 Å². The zero-order valence-electron chi connectivity index (χ0n) is 45.5. The highest BCUT2D eigenvalue weighted by Gasteiger charge is 2.19. The standard InChI is InChI=1S/C61H68ClN11O6/c1-5-8-9-10-12-16-61(79-60(75)7-3)78-51-29-25-48(26-30-51)65-64-44-17-19-45(20-18-44)67-70-57-33-28-50(73-37-13-11-14-38-73)42-54(57)53-41-49(72(4)36-15-35-63)27-32-56(53)69-66-46-21-23-47(24-22-46)68-71-58-34-31-52(43-55(58)62)76-39-40-77-59(74)6-2/h17-34,41-43,61H,5-16,36-40H2,1-4H3. The Morgan fingerprint density at radius 1 is 0.608 bits per heavy atom. The van der Waals surface area contributed by atoms with Gasteiger partial charge in [-0.2, -0.15) is 30.8 Å². The van der Waals surface area contributed by atoms with Crippen LogP contribution in [0.5, 0.6) is 11.5 Å². The fourth-order valence-corrected chi connectivity index (χ4v) is 8.52. The van der Waals surface area contributed by atoms with E-state index in [4.69, 9.17) is 45.9 Å². The van der Waals surface area contributed by atoms with E-state index in [-0.39, 0.29) is 31.6 Å². The molecule has 6 aromatic carbocycles. The monoisotopic (exact) mass is 1090 g/mol. The summed E-state index contributed by atoms with van der Waals surface area (Å²) in [6.07, 6.45) is 9.86. The lowest BCUT2D eigenvalue weighted by molar-refractivity contribution is -0.164. The lowest BCUT2D eigenvalue weighted by atomic mass is 9.99. The SMILES string of the molecule is CCCCCCCC(OC(=O)CC)Oc1ccc(N=Nc2ccc(N=Nc3ccc(N4CCCCC4)cc3-c3cc(N(C)CCC#N)ccc3N=Nc3ccc(N=Nc4ccc(OCCOC(=O)CC)cc4Cl)cc3)cc2)cc1. The maximum absolute atomic E-state index is 12.1. The summed E-state index contributed by atoms with van der Waals surface area (Å²) in [6.45, 7) is 8.48. The van der Waals surface area contributed by atoms with E-state index in [2.05, 4.69) is 61.7 Å². The van der Waals surface area contributed by atoms with Gasteiger partial charge in [0.05, 0.1) is 57.3 Å². The molecule has 0 N–H and O–H groups in total. The Morgan fingerprint density at radius 3 is 1.72 bits per heavy atom. The van der Waals surface area contributed by atoms with Crippen LogP contribution in [0.15, 0.2) is 168 Å². The molecule has 0 spiro atoms. The Balaban J connectivity index is 1.08. The minimum absolute atomic E-state index is 0.144. The minimum atomic E-state index is -0.641. The summed E-state index contributed by atoms with van der Waals surface area (Å²) in [6, 6.07) is 41.3. The van der Waals surface area contributed by atoms with E-state index in [0.717, 1.165) is 74.1 Å². The van der Waals surface area contributed by atoms with E-state index < -0.39 is 6.29 Å². The lowest BCUT2D eigenvalue weighted by Crippen LogP contribution is -2.29. The van der Waals surface area contributed by atoms with Crippen molar-refractivity contribution in [2.45, 2.75) is 104 Å². The summed E-state index contributed by atoms with van der Waals surface area (Å²) >= 11 is 6.49. The first-order valence-electron chi connectivity index (χ1n) is 27.1. The number of ether oxygens (including phenoxy) is 4. The largest absolute Gasteiger partial charge is 0.490 e. The number of nitriles is 1. The zero-order chi connectivity index (χ0) is 55.6. The van der Waals surface area contributed by atoms with Crippen molar-refractivity contribution in [1.29, 1.82) is 5.26 Å². The molecule has 0 bridgehead atoms. The Hall–Kier alpha value is -8.36. The smallest absolute Gasteiger partial charge is 0.308 e. The van der Waals surface area contributed by atoms with E-state index in [0.29, 0.717) is 87.8 Å². The van der Waals surface area contributed by atoms with Crippen LogP contribution >= 0.6 is 11.6 Å². The van der Waals surface area contributed by atoms with Gasteiger partial charge < -0.3 is 28.7 Å². The number of nitrogens with zero attached hydrogens (tertiary/aromatic N) is 11. The van der Waals surface area contributed by atoms with Gasteiger partial charge in [-0.25, -0.2) is 0 Å². The average Bonchev–Trinajstić information content (AvgIpc) is 3.57. The molecule has 6 aromatic rings. The third kappa shape index (κ3) is 18.7. The molecule has 0 aliphatic carbocycles. The molecule has 1 aliphatic rings. The van der Waals surface area contributed by atoms with Crippen molar-refractivity contribution in [3.8, 4) is 28.7 Å². The van der Waals surface area contributed by atoms with Crippen LogP contribution in [0.1, 0.15) is 97.8 Å². The molecule has 1 fully saturated rings. The number of unbranched alkanes of at least 4 members (excludes halogenated alkanes) is 4. The predicted octanol–water partition coefficient (Wildman–Crippen LogP) is 18.4. The Labute approximate surface area is 468 Å². The van der Waals surface area contributed by atoms with Crippen molar-refractivity contribution >= 4 is 80.4 Å². The second-order valence-corrected chi connectivity index (χ2v) is 19.1. The second-order valence-electron chi connectivity index (χ2n) is 18.7. The number of rotatable bonds is 28. The van der Waals surface area contributed by atoms with Crippen molar-refractivity contribution in [1.82, 2.24) is 0 Å². The van der Waals surface area contributed by atoms with E-state index in [1.807, 2.05) is 78.7 Å². The fourth-order valence-electron chi connectivity index (χ4n) is 8.31. The Morgan fingerprint density at radius 2 is 1.14 bits per heavy atom. The van der Waals surface area contributed by atoms with Crippen molar-refractivity contribution in [2.24, 2.45) is 40.9 Å². The summed E-state index contributed by atoms with van der Waals surface area (Å²) in [5, 5.41) is 46.4. The molecular weight excluding hydrogens is 1020 g/mol. The number of carbonyl (C=O) groups is 2. The number of esters is 2. The molecular formula is C61H68ClN11O6. The van der Waals surface area contributed by atoms with E-state index in [1.165, 1.54) is 12.8 Å². The van der Waals surface area contributed by atoms with Crippen molar-refractivity contribution in [3.05, 3.63) is 132 Å². The van der Waals surface area contributed by atoms with Gasteiger partial charge in [-0.15, -0.1) is 15.3 Å². The normalized spacial score (nSPS) is 13.0. The summed E-state index contributed by atoms with van der Waals surface area (Å²) in [7, 11) is 1.96. The quantitative estimate of drug-likeness (QED) is 0.0198. The van der Waals surface area contributed by atoms with Crippen LogP contribution in [0, 0.1) is 11.3 Å². The molecule has 0 amide bonds. The third-order valence-electron chi connectivity index (χ3n) is 12.8. The molecule has 0 radical (unpaired) electrons. The topological polar surface area (TPSA) is 200 Å². The first-order chi connectivity index (χ1) is 38.6. The van der Waals surface area contributed by atoms with Gasteiger partial charge in [0.1, 0.15) is 30.4 Å². The van der Waals surface area contributed by atoms with Gasteiger partial charge in [0, 0.05) is 74.5 Å². The highest BCUT2D eigenvalue weighted by molar-refractivity contribution is 6.33. The lowest BCUT2D eigenvalue weighted by Gasteiger charge is -2.29. The highest BCUT2D eigenvalue weighted by Crippen LogP contribution is 2.43. The highest BCUT2D eigenvalue weighted by atomic mass is 35.5. The molecule has 1 aliphatic heterocycles. The molecule has 7 rings (SSSR count). The van der Waals surface area contributed by atoms with Gasteiger partial charge >= 0.3 is 11.9 Å². The van der Waals surface area contributed by atoms with Crippen LogP contribution in [0.2, 0.25) is 5.02 Å². The summed E-state index contributed by atoms with van der Waals surface area (Å²) in [5.74, 6) is 0.535. The number of hydrogen-bond acceptors (Lipinski definition) is 17. The molecule has 410 valence electrons. The maximum atomic E-state index is 12.1. The van der Waals surface area contributed by atoms with Gasteiger partial charge in [0.2, 0.25) is 6.29 Å². The summed E-state index contributed by atoms with van der Waals surface area (Å²) in [4.78, 5) is 27.9. The Kier molecular flexibility index (Phi) is 23.0. The van der Waals surface area contributed by atoms with Crippen molar-refractivity contribution in [3.63, 3.8) is 0 Å². The van der Waals surface area contributed by atoms with Gasteiger partial charge in [-0.1, -0.05) is 58.1 Å². The molecule has 18 heteroatoms. The van der Waals surface area contributed by atoms with Crippen LogP contribution in [-0.4, -0.2) is 58.1 Å².